The number of hydrogen-bond acceptors (Lipinski definition) is 1. The average molecular weight is 315 g/mol. The van der Waals surface area contributed by atoms with Crippen molar-refractivity contribution in [1.82, 2.24) is 0 Å². The van der Waals surface area contributed by atoms with E-state index >= 15 is 0 Å². The smallest absolute Gasteiger partial charge is 0.0774 e. The molecule has 3 unspecified atom stereocenters. The Morgan fingerprint density at radius 2 is 1.91 bits per heavy atom. The molecule has 0 aromatic carbocycles. The molecule has 4 fully saturated rings. The highest BCUT2D eigenvalue weighted by Gasteiger charge is 2.64. The van der Waals surface area contributed by atoms with Gasteiger partial charge in [-0.1, -0.05) is 38.5 Å². The minimum Gasteiger partial charge on any atom is -0.388 e. The summed E-state index contributed by atoms with van der Waals surface area (Å²) in [5, 5.41) is 10.7. The normalized spacial score (nSPS) is 53.3. The van der Waals surface area contributed by atoms with Crippen LogP contribution in [0.5, 0.6) is 0 Å². The predicted molar refractivity (Wildman–Crippen MR) is 96.0 cm³/mol. The van der Waals surface area contributed by atoms with Gasteiger partial charge in [0.15, 0.2) is 0 Å². The second kappa shape index (κ2) is 4.97. The molecule has 23 heavy (non-hydrogen) atoms. The Hall–Kier alpha value is -0.560. The molecule has 4 rings (SSSR count). The third-order valence-electron chi connectivity index (χ3n) is 9.00. The quantitative estimate of drug-likeness (QED) is 0.667. The van der Waals surface area contributed by atoms with E-state index in [0.29, 0.717) is 16.7 Å². The molecule has 128 valence electrons. The van der Waals surface area contributed by atoms with Gasteiger partial charge < -0.3 is 5.11 Å². The zero-order valence-corrected chi connectivity index (χ0v) is 15.1. The van der Waals surface area contributed by atoms with Gasteiger partial charge in [0.2, 0.25) is 0 Å². The van der Waals surface area contributed by atoms with Crippen molar-refractivity contribution in [1.29, 1.82) is 0 Å². The lowest BCUT2D eigenvalue weighted by Crippen LogP contribution is -2.58. The Bertz CT molecular complexity index is 530. The predicted octanol–water partition coefficient (Wildman–Crippen LogP) is 5.50. The summed E-state index contributed by atoms with van der Waals surface area (Å²) in [4.78, 5) is 0. The van der Waals surface area contributed by atoms with Crippen LogP contribution in [0, 0.1) is 34.0 Å². The first-order chi connectivity index (χ1) is 10.9. The minimum absolute atomic E-state index is 0.0306. The van der Waals surface area contributed by atoms with Gasteiger partial charge in [0, 0.05) is 5.41 Å². The summed E-state index contributed by atoms with van der Waals surface area (Å²) in [6, 6.07) is 0. The van der Waals surface area contributed by atoms with E-state index in [2.05, 4.69) is 27.0 Å². The molecule has 0 heterocycles. The fourth-order valence-corrected chi connectivity index (χ4v) is 8.03. The van der Waals surface area contributed by atoms with Crippen LogP contribution in [0.4, 0.5) is 0 Å². The number of allylic oxidation sites excluding steroid dienone is 1. The molecule has 1 heteroatoms. The van der Waals surface area contributed by atoms with Crippen LogP contribution in [0.25, 0.3) is 0 Å². The van der Waals surface area contributed by atoms with E-state index < -0.39 is 0 Å². The molecule has 0 saturated heterocycles. The molecule has 4 saturated carbocycles. The van der Waals surface area contributed by atoms with Crippen LogP contribution in [0.2, 0.25) is 0 Å². The molecule has 0 radical (unpaired) electrons. The van der Waals surface area contributed by atoms with Crippen molar-refractivity contribution in [3.8, 4) is 0 Å². The molecule has 2 bridgehead atoms. The summed E-state index contributed by atoms with van der Waals surface area (Å²) in [6.45, 7) is 13.3. The van der Waals surface area contributed by atoms with Crippen molar-refractivity contribution >= 4 is 0 Å². The maximum atomic E-state index is 10.7. The minimum atomic E-state index is -0.351. The summed E-state index contributed by atoms with van der Waals surface area (Å²) in [5.41, 5.74) is 2.55. The molecule has 0 aromatic rings. The topological polar surface area (TPSA) is 20.2 Å². The SMILES string of the molecule is C=CC(O)[C@]1(C)CCC[C@@]2(C)C3CC[C@H]4C[C@@]3(CCC12)CC4=C. The standard InChI is InChI=1S/C22H34O/c1-5-19(23)21(4)11-6-10-20(3)17(21)9-12-22-13-15(2)16(14-22)7-8-18(20)22/h5,16-19,23H,1-2,6-14H2,3-4H3/t16-,17?,18?,19?,20+,21+,22+/m0/s1. The van der Waals surface area contributed by atoms with E-state index in [-0.39, 0.29) is 11.5 Å². The van der Waals surface area contributed by atoms with Crippen LogP contribution in [-0.4, -0.2) is 11.2 Å². The first kappa shape index (κ1) is 15.9. The number of aliphatic hydroxyl groups excluding tert-OH is 1. The van der Waals surface area contributed by atoms with E-state index in [4.69, 9.17) is 0 Å². The highest BCUT2D eigenvalue weighted by molar-refractivity contribution is 5.22. The number of fused-ring (bicyclic) bond motifs is 3. The van der Waals surface area contributed by atoms with Gasteiger partial charge in [-0.2, -0.15) is 0 Å². The largest absolute Gasteiger partial charge is 0.388 e. The molecular formula is C22H34O. The van der Waals surface area contributed by atoms with Gasteiger partial charge in [-0.15, -0.1) is 6.58 Å². The number of hydrogen-bond donors (Lipinski definition) is 1. The molecule has 0 aromatic heterocycles. The molecule has 7 atom stereocenters. The molecule has 1 N–H and O–H groups in total. The molecule has 0 aliphatic heterocycles. The van der Waals surface area contributed by atoms with E-state index in [9.17, 15) is 5.11 Å². The third-order valence-corrected chi connectivity index (χ3v) is 9.00. The van der Waals surface area contributed by atoms with Crippen LogP contribution < -0.4 is 0 Å². The van der Waals surface area contributed by atoms with Crippen molar-refractivity contribution in [2.75, 3.05) is 0 Å². The number of rotatable bonds is 2. The second-order valence-electron chi connectivity index (χ2n) is 9.87. The van der Waals surface area contributed by atoms with E-state index in [1.165, 1.54) is 51.4 Å². The fourth-order valence-electron chi connectivity index (χ4n) is 8.03. The summed E-state index contributed by atoms with van der Waals surface area (Å²) >= 11 is 0. The molecule has 0 amide bonds. The summed E-state index contributed by atoms with van der Waals surface area (Å²) in [6.07, 6.45) is 13.4. The van der Waals surface area contributed by atoms with Crippen LogP contribution in [0.1, 0.15) is 71.6 Å². The second-order valence-corrected chi connectivity index (χ2v) is 9.87. The fraction of sp³-hybridized carbons (Fsp3) is 0.818. The zero-order chi connectivity index (χ0) is 16.5. The monoisotopic (exact) mass is 314 g/mol. The Labute approximate surface area is 142 Å². The Balaban J connectivity index is 1.73. The van der Waals surface area contributed by atoms with Gasteiger partial charge in [0.05, 0.1) is 6.10 Å². The maximum Gasteiger partial charge on any atom is 0.0774 e. The first-order valence-electron chi connectivity index (χ1n) is 9.84. The van der Waals surface area contributed by atoms with Gasteiger partial charge in [0.25, 0.3) is 0 Å². The van der Waals surface area contributed by atoms with Crippen molar-refractivity contribution < 1.29 is 5.11 Å². The Morgan fingerprint density at radius 3 is 2.65 bits per heavy atom. The third kappa shape index (κ3) is 1.95. The van der Waals surface area contributed by atoms with Gasteiger partial charge in [-0.05, 0) is 80.0 Å². The van der Waals surface area contributed by atoms with E-state index in [1.54, 1.807) is 11.6 Å². The van der Waals surface area contributed by atoms with Crippen LogP contribution in [0.3, 0.4) is 0 Å². The highest BCUT2D eigenvalue weighted by Crippen LogP contribution is 2.72. The van der Waals surface area contributed by atoms with Crippen LogP contribution >= 0.6 is 0 Å². The zero-order valence-electron chi connectivity index (χ0n) is 15.1. The summed E-state index contributed by atoms with van der Waals surface area (Å²) in [5.74, 6) is 2.32. The summed E-state index contributed by atoms with van der Waals surface area (Å²) in [7, 11) is 0. The van der Waals surface area contributed by atoms with Crippen molar-refractivity contribution in [3.63, 3.8) is 0 Å². The highest BCUT2D eigenvalue weighted by atomic mass is 16.3. The maximum absolute atomic E-state index is 10.7. The summed E-state index contributed by atoms with van der Waals surface area (Å²) < 4.78 is 0. The van der Waals surface area contributed by atoms with Crippen molar-refractivity contribution in [2.45, 2.75) is 77.7 Å². The Morgan fingerprint density at radius 1 is 1.13 bits per heavy atom. The lowest BCUT2D eigenvalue weighted by Gasteiger charge is -2.65. The van der Waals surface area contributed by atoms with Gasteiger partial charge in [0.1, 0.15) is 0 Å². The van der Waals surface area contributed by atoms with Gasteiger partial charge >= 0.3 is 0 Å². The lowest BCUT2D eigenvalue weighted by atomic mass is 9.40. The van der Waals surface area contributed by atoms with Gasteiger partial charge in [-0.25, -0.2) is 0 Å². The molecular weight excluding hydrogens is 280 g/mol. The van der Waals surface area contributed by atoms with Crippen molar-refractivity contribution in [3.05, 3.63) is 24.8 Å². The van der Waals surface area contributed by atoms with E-state index in [0.717, 1.165) is 18.3 Å². The molecule has 1 spiro atoms. The average Bonchev–Trinajstić information content (AvgIpc) is 2.75. The van der Waals surface area contributed by atoms with Crippen molar-refractivity contribution in [2.24, 2.45) is 34.0 Å². The lowest BCUT2D eigenvalue weighted by molar-refractivity contribution is -0.169. The molecule has 4 aliphatic rings. The van der Waals surface area contributed by atoms with Crippen LogP contribution in [-0.2, 0) is 0 Å². The molecule has 4 aliphatic carbocycles. The first-order valence-corrected chi connectivity index (χ1v) is 9.84. The number of aliphatic hydroxyl groups is 1. The van der Waals surface area contributed by atoms with E-state index in [1.807, 2.05) is 0 Å². The van der Waals surface area contributed by atoms with Gasteiger partial charge in [-0.3, -0.25) is 0 Å². The van der Waals surface area contributed by atoms with Crippen LogP contribution in [0.15, 0.2) is 24.8 Å². The molecule has 1 nitrogen and oxygen atoms in total. The Kier molecular flexibility index (Phi) is 3.45.